The van der Waals surface area contributed by atoms with Crippen molar-refractivity contribution in [3.05, 3.63) is 47.2 Å². The lowest BCUT2D eigenvalue weighted by atomic mass is 9.99. The Labute approximate surface area is 174 Å². The number of nitrogens with one attached hydrogen (secondary N) is 1. The Morgan fingerprint density at radius 1 is 1.41 bits per heavy atom. The first kappa shape index (κ1) is 21.1. The summed E-state index contributed by atoms with van der Waals surface area (Å²) in [6.45, 7) is 3.78. The van der Waals surface area contributed by atoms with Crippen molar-refractivity contribution in [2.24, 2.45) is 11.7 Å². The van der Waals surface area contributed by atoms with Gasteiger partial charge in [-0.05, 0) is 29.7 Å². The zero-order chi connectivity index (χ0) is 21.1. The highest BCUT2D eigenvalue weighted by Crippen LogP contribution is 2.34. The molecule has 0 aliphatic rings. The minimum absolute atomic E-state index is 0.0912. The van der Waals surface area contributed by atoms with E-state index in [-0.39, 0.29) is 18.4 Å². The highest BCUT2D eigenvalue weighted by molar-refractivity contribution is 6.32. The lowest BCUT2D eigenvalue weighted by molar-refractivity contribution is -0.118. The highest BCUT2D eigenvalue weighted by atomic mass is 35.5. The summed E-state index contributed by atoms with van der Waals surface area (Å²) >= 11 is 6.26. The van der Waals surface area contributed by atoms with Crippen molar-refractivity contribution in [2.45, 2.75) is 32.9 Å². The topological polar surface area (TPSA) is 102 Å². The molecule has 0 saturated heterocycles. The van der Waals surface area contributed by atoms with Gasteiger partial charge in [-0.3, -0.25) is 4.79 Å². The fourth-order valence-electron chi connectivity index (χ4n) is 3.05. The van der Waals surface area contributed by atoms with Gasteiger partial charge in [-0.1, -0.05) is 31.9 Å². The smallest absolute Gasteiger partial charge is 0.241 e. The summed E-state index contributed by atoms with van der Waals surface area (Å²) in [6.07, 6.45) is 4.47. The first-order valence-corrected chi connectivity index (χ1v) is 9.78. The van der Waals surface area contributed by atoms with Gasteiger partial charge < -0.3 is 25.3 Å². The maximum Gasteiger partial charge on any atom is 0.241 e. The van der Waals surface area contributed by atoms with Crippen LogP contribution >= 0.6 is 11.6 Å². The molecule has 7 nitrogen and oxygen atoms in total. The van der Waals surface area contributed by atoms with E-state index in [9.17, 15) is 9.90 Å². The van der Waals surface area contributed by atoms with E-state index in [1.54, 1.807) is 30.5 Å². The molecule has 1 amide bonds. The predicted molar refractivity (Wildman–Crippen MR) is 114 cm³/mol. The molecular weight excluding hydrogens is 392 g/mol. The van der Waals surface area contributed by atoms with Gasteiger partial charge in [0, 0.05) is 29.7 Å². The van der Waals surface area contributed by atoms with E-state index in [0.29, 0.717) is 38.9 Å². The Balaban J connectivity index is 1.92. The number of nitrogens with two attached hydrogens (primary N) is 1. The van der Waals surface area contributed by atoms with E-state index in [1.165, 1.54) is 7.11 Å². The van der Waals surface area contributed by atoms with Crippen LogP contribution in [0.15, 0.2) is 36.7 Å². The van der Waals surface area contributed by atoms with Crippen molar-refractivity contribution in [1.29, 1.82) is 0 Å². The van der Waals surface area contributed by atoms with E-state index in [2.05, 4.69) is 10.3 Å². The molecule has 4 N–H and O–H groups in total. The molecule has 2 heterocycles. The molecule has 0 bridgehead atoms. The van der Waals surface area contributed by atoms with E-state index in [1.807, 2.05) is 24.4 Å². The van der Waals surface area contributed by atoms with Gasteiger partial charge in [0.25, 0.3) is 0 Å². The zero-order valence-corrected chi connectivity index (χ0v) is 17.4. The average Bonchev–Trinajstić information content (AvgIpc) is 3.15. The number of halogens is 1. The van der Waals surface area contributed by atoms with Crippen molar-refractivity contribution in [2.75, 3.05) is 12.4 Å². The van der Waals surface area contributed by atoms with Gasteiger partial charge in [0.15, 0.2) is 0 Å². The van der Waals surface area contributed by atoms with E-state index in [4.69, 9.17) is 22.1 Å². The normalized spacial score (nSPS) is 13.3. The van der Waals surface area contributed by atoms with Crippen LogP contribution in [0.25, 0.3) is 16.9 Å². The Bertz CT molecular complexity index is 1030. The van der Waals surface area contributed by atoms with Gasteiger partial charge in [-0.25, -0.2) is 4.98 Å². The minimum atomic E-state index is -0.569. The molecule has 0 aliphatic carbocycles. The molecule has 154 valence electrons. The second-order valence-electron chi connectivity index (χ2n) is 7.01. The highest BCUT2D eigenvalue weighted by Gasteiger charge is 2.20. The van der Waals surface area contributed by atoms with Crippen LogP contribution < -0.4 is 15.8 Å². The van der Waals surface area contributed by atoms with Crippen LogP contribution in [0.5, 0.6) is 5.75 Å². The first-order chi connectivity index (χ1) is 13.9. The predicted octanol–water partition coefficient (Wildman–Crippen LogP) is 3.47. The van der Waals surface area contributed by atoms with Crippen LogP contribution in [-0.2, 0) is 11.4 Å². The number of carbonyl (C=O) groups excluding carboxylic acids is 1. The molecule has 3 aromatic rings. The van der Waals surface area contributed by atoms with Crippen LogP contribution in [0.3, 0.4) is 0 Å². The van der Waals surface area contributed by atoms with E-state index in [0.717, 1.165) is 6.42 Å². The Hall–Kier alpha value is -2.61. The van der Waals surface area contributed by atoms with E-state index >= 15 is 0 Å². The van der Waals surface area contributed by atoms with Gasteiger partial charge in [-0.15, -0.1) is 0 Å². The quantitative estimate of drug-likeness (QED) is 0.547. The molecule has 3 rings (SSSR count). The van der Waals surface area contributed by atoms with Gasteiger partial charge >= 0.3 is 0 Å². The van der Waals surface area contributed by atoms with Crippen LogP contribution in [0.1, 0.15) is 25.8 Å². The number of fused-ring (bicyclic) bond motifs is 1. The lowest BCUT2D eigenvalue weighted by Gasteiger charge is -2.17. The number of amides is 1. The third kappa shape index (κ3) is 4.37. The number of rotatable bonds is 7. The number of aromatic nitrogens is 2. The Kier molecular flexibility index (Phi) is 6.42. The van der Waals surface area contributed by atoms with Crippen molar-refractivity contribution >= 4 is 28.8 Å². The number of nitrogens with zero attached hydrogens (tertiary/aromatic N) is 2. The largest absolute Gasteiger partial charge is 0.495 e. The second kappa shape index (κ2) is 8.82. The number of methoxy groups -OCH3 is 1. The standard InChI is InChI=1S/C21H25ClN4O3/c1-4-12(2)20(23)21(28)24-14-5-6-26-10-17(25-19(26)8-14)15-9-16(22)18(29-3)7-13(15)11-27/h5-10,12,20,27H,4,11,23H2,1-3H3,(H,24,28)/t12-,20+/m1/s1. The van der Waals surface area contributed by atoms with Gasteiger partial charge in [-0.2, -0.15) is 0 Å². The summed E-state index contributed by atoms with van der Waals surface area (Å²) in [4.78, 5) is 17.0. The Morgan fingerprint density at radius 3 is 2.83 bits per heavy atom. The molecule has 0 aliphatic heterocycles. The number of aliphatic hydroxyl groups excluding tert-OH is 1. The molecule has 0 spiro atoms. The molecule has 0 fully saturated rings. The third-order valence-corrected chi connectivity index (χ3v) is 5.41. The van der Waals surface area contributed by atoms with Crippen LogP contribution in [-0.4, -0.2) is 33.6 Å². The summed E-state index contributed by atoms with van der Waals surface area (Å²) < 4.78 is 7.05. The fourth-order valence-corrected chi connectivity index (χ4v) is 3.29. The minimum Gasteiger partial charge on any atom is -0.495 e. The molecule has 2 atom stereocenters. The molecule has 1 aromatic carbocycles. The second-order valence-corrected chi connectivity index (χ2v) is 7.42. The monoisotopic (exact) mass is 416 g/mol. The summed E-state index contributed by atoms with van der Waals surface area (Å²) in [5, 5.41) is 13.0. The van der Waals surface area contributed by atoms with Crippen LogP contribution in [0, 0.1) is 5.92 Å². The lowest BCUT2D eigenvalue weighted by Crippen LogP contribution is -2.40. The molecule has 8 heteroatoms. The van der Waals surface area contributed by atoms with Crippen molar-refractivity contribution in [3.63, 3.8) is 0 Å². The Morgan fingerprint density at radius 2 is 2.17 bits per heavy atom. The molecule has 0 saturated carbocycles. The molecule has 0 unspecified atom stereocenters. The molecule has 29 heavy (non-hydrogen) atoms. The number of hydrogen-bond acceptors (Lipinski definition) is 5. The molecule has 2 aromatic heterocycles. The SMILES string of the molecule is CC[C@@H](C)[C@H](N)C(=O)Nc1ccn2cc(-c3cc(Cl)c(OC)cc3CO)nc2c1. The number of benzene rings is 1. The number of carbonyl (C=O) groups is 1. The summed E-state index contributed by atoms with van der Waals surface area (Å²) in [5.74, 6) is 0.361. The number of ether oxygens (including phenoxy) is 1. The van der Waals surface area contributed by atoms with Gasteiger partial charge in [0.05, 0.1) is 30.5 Å². The zero-order valence-electron chi connectivity index (χ0n) is 16.6. The maximum absolute atomic E-state index is 12.3. The number of hydrogen-bond donors (Lipinski definition) is 3. The van der Waals surface area contributed by atoms with Crippen molar-refractivity contribution in [1.82, 2.24) is 9.38 Å². The number of pyridine rings is 1. The maximum atomic E-state index is 12.3. The van der Waals surface area contributed by atoms with Crippen molar-refractivity contribution in [3.8, 4) is 17.0 Å². The van der Waals surface area contributed by atoms with Gasteiger partial charge in [0.2, 0.25) is 5.91 Å². The average molecular weight is 417 g/mol. The third-order valence-electron chi connectivity index (χ3n) is 5.11. The number of anilines is 1. The fraction of sp³-hybridized carbons (Fsp3) is 0.333. The number of aliphatic hydroxyl groups is 1. The summed E-state index contributed by atoms with van der Waals surface area (Å²) in [6, 6.07) is 6.41. The molecule has 0 radical (unpaired) electrons. The molecular formula is C21H25ClN4O3. The van der Waals surface area contributed by atoms with Crippen LogP contribution in [0.4, 0.5) is 5.69 Å². The summed E-state index contributed by atoms with van der Waals surface area (Å²) in [5.41, 5.74) is 9.29. The van der Waals surface area contributed by atoms with E-state index < -0.39 is 6.04 Å². The van der Waals surface area contributed by atoms with Gasteiger partial charge in [0.1, 0.15) is 11.4 Å². The van der Waals surface area contributed by atoms with Crippen molar-refractivity contribution < 1.29 is 14.6 Å². The number of imidazole rings is 1. The first-order valence-electron chi connectivity index (χ1n) is 9.40. The summed E-state index contributed by atoms with van der Waals surface area (Å²) in [7, 11) is 1.52. The van der Waals surface area contributed by atoms with Crippen LogP contribution in [0.2, 0.25) is 5.02 Å².